The summed E-state index contributed by atoms with van der Waals surface area (Å²) in [7, 11) is 0. The Morgan fingerprint density at radius 1 is 1.04 bits per heavy atom. The summed E-state index contributed by atoms with van der Waals surface area (Å²) >= 11 is 0. The first kappa shape index (κ1) is 18.4. The second-order valence-electron chi connectivity index (χ2n) is 7.66. The average molecular weight is 376 g/mol. The van der Waals surface area contributed by atoms with Gasteiger partial charge in [-0.15, -0.1) is 0 Å². The second-order valence-corrected chi connectivity index (χ2v) is 7.66. The van der Waals surface area contributed by atoms with Crippen LogP contribution in [0.5, 0.6) is 0 Å². The van der Waals surface area contributed by atoms with Gasteiger partial charge in [0.2, 0.25) is 5.91 Å². The van der Waals surface area contributed by atoms with Crippen molar-refractivity contribution in [1.82, 2.24) is 9.80 Å². The zero-order valence-corrected chi connectivity index (χ0v) is 16.3. The van der Waals surface area contributed by atoms with E-state index in [0.717, 1.165) is 24.9 Å². The maximum Gasteiger partial charge on any atom is 0.261 e. The molecule has 2 aliphatic heterocycles. The zero-order valence-electron chi connectivity index (χ0n) is 16.3. The van der Waals surface area contributed by atoms with E-state index in [1.807, 2.05) is 30.0 Å². The molecule has 144 valence electrons. The number of likely N-dealkylation sites (tertiary alicyclic amines) is 1. The number of aryl methyl sites for hydroxylation is 2. The smallest absolute Gasteiger partial charge is 0.261 e. The molecule has 1 unspecified atom stereocenters. The summed E-state index contributed by atoms with van der Waals surface area (Å²) in [6.45, 7) is 4.81. The number of hydrogen-bond acceptors (Lipinski definition) is 3. The lowest BCUT2D eigenvalue weighted by Gasteiger charge is -2.27. The predicted octanol–water partition coefficient (Wildman–Crippen LogP) is 3.65. The van der Waals surface area contributed by atoms with Crippen molar-refractivity contribution >= 4 is 17.7 Å². The van der Waals surface area contributed by atoms with Gasteiger partial charge in [-0.1, -0.05) is 35.9 Å². The van der Waals surface area contributed by atoms with Crippen LogP contribution in [-0.2, 0) is 4.79 Å². The third kappa shape index (κ3) is 3.11. The van der Waals surface area contributed by atoms with Gasteiger partial charge in [0.05, 0.1) is 17.2 Å². The Morgan fingerprint density at radius 2 is 1.79 bits per heavy atom. The van der Waals surface area contributed by atoms with E-state index in [2.05, 4.69) is 19.1 Å². The van der Waals surface area contributed by atoms with Crippen LogP contribution < -0.4 is 0 Å². The molecular formula is C23H24N2O3. The first-order valence-corrected chi connectivity index (χ1v) is 9.79. The van der Waals surface area contributed by atoms with Crippen LogP contribution in [0.15, 0.2) is 42.5 Å². The van der Waals surface area contributed by atoms with Gasteiger partial charge in [-0.05, 0) is 49.9 Å². The van der Waals surface area contributed by atoms with Crippen LogP contribution in [0.1, 0.15) is 62.7 Å². The van der Waals surface area contributed by atoms with Gasteiger partial charge in [-0.2, -0.15) is 0 Å². The standard InChI is InChI=1S/C23H24N2O3/c1-15-9-10-18-19(14-15)23(28)25(22(18)27)13-11-21(26)24-12-5-8-20(24)17-7-4-3-6-16(17)2/h3-4,6-7,9-10,14,20H,5,8,11-13H2,1-2H3. The number of hydrogen-bond donors (Lipinski definition) is 0. The highest BCUT2D eigenvalue weighted by Gasteiger charge is 2.37. The number of imide groups is 1. The SMILES string of the molecule is Cc1ccc2c(c1)C(=O)N(CCC(=O)N1CCCC1c1ccccc1C)C2=O. The summed E-state index contributed by atoms with van der Waals surface area (Å²) in [5.74, 6) is -0.600. The molecule has 28 heavy (non-hydrogen) atoms. The summed E-state index contributed by atoms with van der Waals surface area (Å²) in [5.41, 5.74) is 4.18. The van der Waals surface area contributed by atoms with Crippen molar-refractivity contribution in [1.29, 1.82) is 0 Å². The molecule has 2 heterocycles. The van der Waals surface area contributed by atoms with Gasteiger partial charge in [0.25, 0.3) is 11.8 Å². The Bertz CT molecular complexity index is 966. The van der Waals surface area contributed by atoms with Crippen LogP contribution in [0.2, 0.25) is 0 Å². The van der Waals surface area contributed by atoms with Crippen LogP contribution in [0, 0.1) is 13.8 Å². The first-order chi connectivity index (χ1) is 13.5. The summed E-state index contributed by atoms with van der Waals surface area (Å²) in [5, 5.41) is 0. The van der Waals surface area contributed by atoms with Crippen LogP contribution in [0.25, 0.3) is 0 Å². The van der Waals surface area contributed by atoms with Crippen LogP contribution in [0.3, 0.4) is 0 Å². The molecule has 1 atom stereocenters. The summed E-state index contributed by atoms with van der Waals surface area (Å²) < 4.78 is 0. The fourth-order valence-electron chi connectivity index (χ4n) is 4.31. The number of nitrogens with zero attached hydrogens (tertiary/aromatic N) is 2. The van der Waals surface area contributed by atoms with Crippen LogP contribution in [-0.4, -0.2) is 40.6 Å². The van der Waals surface area contributed by atoms with E-state index in [0.29, 0.717) is 11.1 Å². The Hall–Kier alpha value is -2.95. The van der Waals surface area contributed by atoms with Crippen molar-refractivity contribution in [2.24, 2.45) is 0 Å². The maximum absolute atomic E-state index is 12.9. The fourth-order valence-corrected chi connectivity index (χ4v) is 4.31. The van der Waals surface area contributed by atoms with E-state index < -0.39 is 0 Å². The molecule has 0 saturated carbocycles. The summed E-state index contributed by atoms with van der Waals surface area (Å²) in [6.07, 6.45) is 2.08. The molecule has 5 heteroatoms. The lowest BCUT2D eigenvalue weighted by Crippen LogP contribution is -2.36. The van der Waals surface area contributed by atoms with E-state index >= 15 is 0 Å². The molecule has 0 spiro atoms. The van der Waals surface area contributed by atoms with Crippen molar-refractivity contribution in [2.75, 3.05) is 13.1 Å². The molecule has 2 aromatic carbocycles. The third-order valence-electron chi connectivity index (χ3n) is 5.80. The minimum absolute atomic E-state index is 0.00140. The molecule has 0 bridgehead atoms. The topological polar surface area (TPSA) is 57.7 Å². The molecule has 5 nitrogen and oxygen atoms in total. The third-order valence-corrected chi connectivity index (χ3v) is 5.80. The number of rotatable bonds is 4. The molecule has 0 radical (unpaired) electrons. The predicted molar refractivity (Wildman–Crippen MR) is 106 cm³/mol. The quantitative estimate of drug-likeness (QED) is 0.766. The van der Waals surface area contributed by atoms with E-state index in [9.17, 15) is 14.4 Å². The lowest BCUT2D eigenvalue weighted by molar-refractivity contribution is -0.132. The second kappa shape index (κ2) is 7.23. The number of benzene rings is 2. The fraction of sp³-hybridized carbons (Fsp3) is 0.348. The number of carbonyl (C=O) groups is 3. The zero-order chi connectivity index (χ0) is 19.8. The lowest BCUT2D eigenvalue weighted by atomic mass is 9.99. The average Bonchev–Trinajstić information content (AvgIpc) is 3.25. The van der Waals surface area contributed by atoms with Crippen LogP contribution in [0.4, 0.5) is 0 Å². The van der Waals surface area contributed by atoms with Gasteiger partial charge in [0.1, 0.15) is 0 Å². The molecule has 0 N–H and O–H groups in total. The van der Waals surface area contributed by atoms with Crippen molar-refractivity contribution in [3.8, 4) is 0 Å². The Balaban J connectivity index is 1.45. The van der Waals surface area contributed by atoms with E-state index in [-0.39, 0.29) is 36.7 Å². The van der Waals surface area contributed by atoms with Gasteiger partial charge in [0, 0.05) is 19.5 Å². The van der Waals surface area contributed by atoms with Gasteiger partial charge in [0.15, 0.2) is 0 Å². The van der Waals surface area contributed by atoms with Gasteiger partial charge in [-0.25, -0.2) is 0 Å². The van der Waals surface area contributed by atoms with Crippen molar-refractivity contribution in [2.45, 2.75) is 39.2 Å². The van der Waals surface area contributed by atoms with E-state index in [4.69, 9.17) is 0 Å². The Labute approximate surface area is 164 Å². The van der Waals surface area contributed by atoms with Gasteiger partial charge in [-0.3, -0.25) is 19.3 Å². The molecule has 2 aliphatic rings. The van der Waals surface area contributed by atoms with Crippen molar-refractivity contribution in [3.05, 3.63) is 70.3 Å². The molecule has 1 saturated heterocycles. The highest BCUT2D eigenvalue weighted by molar-refractivity contribution is 6.21. The Kier molecular flexibility index (Phi) is 4.75. The maximum atomic E-state index is 12.9. The van der Waals surface area contributed by atoms with Gasteiger partial charge < -0.3 is 4.90 Å². The first-order valence-electron chi connectivity index (χ1n) is 9.79. The summed E-state index contributed by atoms with van der Waals surface area (Å²) in [4.78, 5) is 41.2. The number of fused-ring (bicyclic) bond motifs is 1. The normalized spacial score (nSPS) is 18.7. The highest BCUT2D eigenvalue weighted by Crippen LogP contribution is 2.34. The molecular weight excluding hydrogens is 352 g/mol. The monoisotopic (exact) mass is 376 g/mol. The van der Waals surface area contributed by atoms with Gasteiger partial charge >= 0.3 is 0 Å². The largest absolute Gasteiger partial charge is 0.336 e. The van der Waals surface area contributed by atoms with Crippen LogP contribution >= 0.6 is 0 Å². The Morgan fingerprint density at radius 3 is 2.57 bits per heavy atom. The molecule has 0 aliphatic carbocycles. The van der Waals surface area contributed by atoms with Crippen molar-refractivity contribution < 1.29 is 14.4 Å². The molecule has 0 aromatic heterocycles. The summed E-state index contributed by atoms with van der Waals surface area (Å²) in [6, 6.07) is 13.5. The molecule has 4 rings (SSSR count). The van der Waals surface area contributed by atoms with Crippen molar-refractivity contribution in [3.63, 3.8) is 0 Å². The highest BCUT2D eigenvalue weighted by atomic mass is 16.2. The number of carbonyl (C=O) groups excluding carboxylic acids is 3. The number of amides is 3. The van der Waals surface area contributed by atoms with E-state index in [1.165, 1.54) is 16.0 Å². The molecule has 2 aromatic rings. The molecule has 3 amide bonds. The molecule has 1 fully saturated rings. The minimum atomic E-state index is -0.301. The van der Waals surface area contributed by atoms with E-state index in [1.54, 1.807) is 12.1 Å². The minimum Gasteiger partial charge on any atom is -0.336 e.